The van der Waals surface area contributed by atoms with Crippen LogP contribution in [-0.4, -0.2) is 15.0 Å². The third-order valence-corrected chi connectivity index (χ3v) is 6.20. The van der Waals surface area contributed by atoms with Gasteiger partial charge in [-0.3, -0.25) is 4.68 Å². The van der Waals surface area contributed by atoms with Crippen LogP contribution < -0.4 is 5.73 Å². The van der Waals surface area contributed by atoms with Crippen LogP contribution in [0.4, 0.5) is 0 Å². The summed E-state index contributed by atoms with van der Waals surface area (Å²) >= 11 is 0. The van der Waals surface area contributed by atoms with E-state index in [2.05, 4.69) is 28.1 Å². The van der Waals surface area contributed by atoms with Gasteiger partial charge in [-0.15, -0.1) is 5.10 Å². The maximum absolute atomic E-state index is 6.16. The highest BCUT2D eigenvalue weighted by Crippen LogP contribution is 2.60. The molecule has 0 aliphatic heterocycles. The Morgan fingerprint density at radius 2 is 1.86 bits per heavy atom. The van der Waals surface area contributed by atoms with E-state index in [0.717, 1.165) is 42.8 Å². The number of hydrogen-bond acceptors (Lipinski definition) is 3. The van der Waals surface area contributed by atoms with Gasteiger partial charge in [0, 0.05) is 6.54 Å². The van der Waals surface area contributed by atoms with Crippen LogP contribution in [0.25, 0.3) is 0 Å². The molecule has 4 saturated carbocycles. The monoisotopic (exact) mass is 288 g/mol. The summed E-state index contributed by atoms with van der Waals surface area (Å²) in [4.78, 5) is 0. The minimum Gasteiger partial charge on any atom is -0.323 e. The molecule has 2 N–H and O–H groups in total. The fraction of sp³-hybridized carbons (Fsp3) is 0.882. The predicted molar refractivity (Wildman–Crippen MR) is 82.5 cm³/mol. The molecule has 0 saturated heterocycles. The van der Waals surface area contributed by atoms with E-state index in [4.69, 9.17) is 5.73 Å². The van der Waals surface area contributed by atoms with Crippen molar-refractivity contribution in [2.24, 2.45) is 28.9 Å². The third-order valence-electron chi connectivity index (χ3n) is 6.20. The first-order valence-electron chi connectivity index (χ1n) is 8.81. The van der Waals surface area contributed by atoms with E-state index >= 15 is 0 Å². The lowest BCUT2D eigenvalue weighted by molar-refractivity contribution is -0.0637. The molecule has 5 rings (SSSR count). The van der Waals surface area contributed by atoms with Gasteiger partial charge in [-0.1, -0.05) is 18.6 Å². The van der Waals surface area contributed by atoms with E-state index in [-0.39, 0.29) is 6.04 Å². The molecule has 4 aliphatic rings. The summed E-state index contributed by atoms with van der Waals surface area (Å²) in [5.41, 5.74) is 7.66. The summed E-state index contributed by atoms with van der Waals surface area (Å²) in [6, 6.07) is 0.0557. The largest absolute Gasteiger partial charge is 0.323 e. The maximum Gasteiger partial charge on any atom is 0.0994 e. The summed E-state index contributed by atoms with van der Waals surface area (Å²) in [5.74, 6) is 3.00. The highest BCUT2D eigenvalue weighted by atomic mass is 15.4. The lowest BCUT2D eigenvalue weighted by Gasteiger charge is -2.56. The third kappa shape index (κ3) is 2.52. The summed E-state index contributed by atoms with van der Waals surface area (Å²) < 4.78 is 2.10. The van der Waals surface area contributed by atoms with E-state index < -0.39 is 0 Å². The normalized spacial score (nSPS) is 38.9. The Labute approximate surface area is 127 Å². The molecule has 1 heterocycles. The molecule has 1 unspecified atom stereocenters. The van der Waals surface area contributed by atoms with Gasteiger partial charge in [-0.2, -0.15) is 0 Å². The lowest BCUT2D eigenvalue weighted by Crippen LogP contribution is -2.48. The molecule has 21 heavy (non-hydrogen) atoms. The molecule has 0 radical (unpaired) electrons. The van der Waals surface area contributed by atoms with Gasteiger partial charge in [-0.05, 0) is 68.1 Å². The van der Waals surface area contributed by atoms with Gasteiger partial charge in [0.15, 0.2) is 0 Å². The van der Waals surface area contributed by atoms with Crippen LogP contribution in [0.15, 0.2) is 6.20 Å². The van der Waals surface area contributed by atoms with Crippen molar-refractivity contribution >= 4 is 0 Å². The zero-order chi connectivity index (χ0) is 14.4. The smallest absolute Gasteiger partial charge is 0.0994 e. The van der Waals surface area contributed by atoms with Crippen molar-refractivity contribution in [3.8, 4) is 0 Å². The molecule has 0 spiro atoms. The summed E-state index contributed by atoms with van der Waals surface area (Å²) in [6.07, 6.45) is 13.0. The first-order chi connectivity index (χ1) is 10.2. The predicted octanol–water partition coefficient (Wildman–Crippen LogP) is 3.29. The maximum atomic E-state index is 6.16. The summed E-state index contributed by atoms with van der Waals surface area (Å²) in [5, 5.41) is 8.70. The van der Waals surface area contributed by atoms with Gasteiger partial charge < -0.3 is 5.73 Å². The SMILES string of the molecule is CCCC(N)c1cn(CC23CC4CC(CC(C4)C2)C3)nn1. The molecular formula is C17H28N4. The second-order valence-corrected chi connectivity index (χ2v) is 8.15. The summed E-state index contributed by atoms with van der Waals surface area (Å²) in [6.45, 7) is 3.24. The van der Waals surface area contributed by atoms with E-state index in [1.807, 2.05) is 0 Å². The Balaban J connectivity index is 1.48. The highest BCUT2D eigenvalue weighted by Gasteiger charge is 2.51. The number of hydrogen-bond donors (Lipinski definition) is 1. The molecule has 4 heteroatoms. The van der Waals surface area contributed by atoms with Crippen LogP contribution in [0.1, 0.15) is 70.0 Å². The Bertz CT molecular complexity index is 471. The Kier molecular flexibility index (Phi) is 3.32. The second kappa shape index (κ2) is 5.08. The van der Waals surface area contributed by atoms with Crippen molar-refractivity contribution in [1.82, 2.24) is 15.0 Å². The topological polar surface area (TPSA) is 56.7 Å². The first kappa shape index (κ1) is 13.7. The van der Waals surface area contributed by atoms with Crippen LogP contribution in [0.2, 0.25) is 0 Å². The van der Waals surface area contributed by atoms with Gasteiger partial charge in [0.25, 0.3) is 0 Å². The zero-order valence-corrected chi connectivity index (χ0v) is 13.2. The van der Waals surface area contributed by atoms with E-state index in [1.54, 1.807) is 0 Å². The molecule has 116 valence electrons. The quantitative estimate of drug-likeness (QED) is 0.904. The molecule has 1 aromatic heterocycles. The van der Waals surface area contributed by atoms with Crippen LogP contribution in [0.5, 0.6) is 0 Å². The van der Waals surface area contributed by atoms with Gasteiger partial charge in [-0.25, -0.2) is 0 Å². The van der Waals surface area contributed by atoms with E-state index in [9.17, 15) is 0 Å². The van der Waals surface area contributed by atoms with Crippen LogP contribution in [-0.2, 0) is 6.54 Å². The zero-order valence-electron chi connectivity index (χ0n) is 13.2. The minimum absolute atomic E-state index is 0.0557. The standard InChI is InChI=1S/C17H28N4/c1-2-3-15(18)16-10-21(20-19-16)11-17-7-12-4-13(8-17)6-14(5-12)9-17/h10,12-15H,2-9,11,18H2,1H3. The molecule has 1 aromatic rings. The molecule has 4 aliphatic carbocycles. The number of nitrogens with zero attached hydrogens (tertiary/aromatic N) is 3. The van der Waals surface area contributed by atoms with Crippen LogP contribution >= 0.6 is 0 Å². The Morgan fingerprint density at radius 3 is 2.43 bits per heavy atom. The van der Waals surface area contributed by atoms with Crippen molar-refractivity contribution in [2.75, 3.05) is 0 Å². The average Bonchev–Trinajstić information content (AvgIpc) is 2.85. The van der Waals surface area contributed by atoms with Crippen LogP contribution in [0, 0.1) is 23.2 Å². The van der Waals surface area contributed by atoms with Crippen molar-refractivity contribution in [3.05, 3.63) is 11.9 Å². The number of aromatic nitrogens is 3. The van der Waals surface area contributed by atoms with Crippen molar-refractivity contribution in [2.45, 2.75) is 70.9 Å². The van der Waals surface area contributed by atoms with Gasteiger partial charge in [0.05, 0.1) is 17.9 Å². The molecule has 0 amide bonds. The van der Waals surface area contributed by atoms with Gasteiger partial charge in [0.1, 0.15) is 0 Å². The molecule has 4 fully saturated rings. The Morgan fingerprint density at radius 1 is 1.24 bits per heavy atom. The van der Waals surface area contributed by atoms with E-state index in [1.165, 1.54) is 38.5 Å². The molecule has 4 nitrogen and oxygen atoms in total. The molecule has 4 bridgehead atoms. The highest BCUT2D eigenvalue weighted by molar-refractivity contribution is 5.03. The number of rotatable bonds is 5. The molecule has 0 aromatic carbocycles. The lowest BCUT2D eigenvalue weighted by atomic mass is 9.49. The minimum atomic E-state index is 0.0557. The van der Waals surface area contributed by atoms with Crippen molar-refractivity contribution in [3.63, 3.8) is 0 Å². The second-order valence-electron chi connectivity index (χ2n) is 8.15. The first-order valence-corrected chi connectivity index (χ1v) is 8.81. The van der Waals surface area contributed by atoms with Crippen molar-refractivity contribution in [1.29, 1.82) is 0 Å². The van der Waals surface area contributed by atoms with Gasteiger partial charge >= 0.3 is 0 Å². The summed E-state index contributed by atoms with van der Waals surface area (Å²) in [7, 11) is 0. The number of nitrogens with two attached hydrogens (primary N) is 1. The molecule has 1 atom stereocenters. The van der Waals surface area contributed by atoms with E-state index in [0.29, 0.717) is 5.41 Å². The Hall–Kier alpha value is -0.900. The fourth-order valence-electron chi connectivity index (χ4n) is 5.85. The van der Waals surface area contributed by atoms with Gasteiger partial charge in [0.2, 0.25) is 0 Å². The average molecular weight is 288 g/mol. The molecular weight excluding hydrogens is 260 g/mol. The van der Waals surface area contributed by atoms with Crippen LogP contribution in [0.3, 0.4) is 0 Å². The fourth-order valence-corrected chi connectivity index (χ4v) is 5.85. The van der Waals surface area contributed by atoms with Crippen molar-refractivity contribution < 1.29 is 0 Å².